The van der Waals surface area contributed by atoms with Crippen molar-refractivity contribution in [2.75, 3.05) is 14.2 Å². The van der Waals surface area contributed by atoms with Gasteiger partial charge in [0.25, 0.3) is 5.56 Å². The molecule has 2 aromatic carbocycles. The minimum Gasteiger partial charge on any atom is -0.504 e. The first-order valence-electron chi connectivity index (χ1n) is 9.89. The normalized spacial score (nSPS) is 15.9. The van der Waals surface area contributed by atoms with Crippen LogP contribution < -0.4 is 24.4 Å². The molecule has 1 atom stereocenters. The Morgan fingerprint density at radius 1 is 1.16 bits per heavy atom. The van der Waals surface area contributed by atoms with Crippen LogP contribution in [-0.4, -0.2) is 29.7 Å². The third-order valence-corrected chi connectivity index (χ3v) is 6.32. The van der Waals surface area contributed by atoms with E-state index in [-0.39, 0.29) is 17.1 Å². The minimum atomic E-state index is -0.642. The van der Waals surface area contributed by atoms with Crippen molar-refractivity contribution in [2.24, 2.45) is 4.99 Å². The van der Waals surface area contributed by atoms with Crippen molar-refractivity contribution in [3.05, 3.63) is 84.5 Å². The van der Waals surface area contributed by atoms with Crippen molar-refractivity contribution < 1.29 is 19.4 Å². The number of fused-ring (bicyclic) bond motifs is 1. The van der Waals surface area contributed by atoms with Gasteiger partial charge in [0.15, 0.2) is 22.1 Å². The summed E-state index contributed by atoms with van der Waals surface area (Å²) in [6.45, 7) is 3.26. The number of benzene rings is 2. The fourth-order valence-electron chi connectivity index (χ4n) is 3.89. The molecule has 7 nitrogen and oxygen atoms in total. The number of carbonyl (C=O) groups is 1. The number of thiazole rings is 1. The Hall–Kier alpha value is -3.65. The van der Waals surface area contributed by atoms with Crippen LogP contribution in [0.25, 0.3) is 6.08 Å². The topological polar surface area (TPSA) is 90.1 Å². The first kappa shape index (κ1) is 21.6. The van der Waals surface area contributed by atoms with E-state index in [1.54, 1.807) is 42.9 Å². The summed E-state index contributed by atoms with van der Waals surface area (Å²) in [6, 6.07) is 11.6. The summed E-state index contributed by atoms with van der Waals surface area (Å²) in [7, 11) is 3.02. The molecule has 0 saturated heterocycles. The van der Waals surface area contributed by atoms with Gasteiger partial charge < -0.3 is 14.6 Å². The molecular formula is C24H22N2O5S. The molecule has 0 fully saturated rings. The van der Waals surface area contributed by atoms with Crippen LogP contribution in [0.1, 0.15) is 31.0 Å². The number of Topliss-reactive ketones (excluding diaryl/α,β-unsaturated/α-hetero) is 1. The molecule has 1 aliphatic rings. The highest BCUT2D eigenvalue weighted by atomic mass is 32.1. The summed E-state index contributed by atoms with van der Waals surface area (Å²) in [5.74, 6) is 0.764. The van der Waals surface area contributed by atoms with Crippen LogP contribution in [0.4, 0.5) is 0 Å². The predicted octanol–water partition coefficient (Wildman–Crippen LogP) is 2.55. The number of aromatic nitrogens is 1. The largest absolute Gasteiger partial charge is 0.504 e. The van der Waals surface area contributed by atoms with E-state index in [0.29, 0.717) is 43.2 Å². The minimum absolute atomic E-state index is 0.0176. The maximum atomic E-state index is 13.5. The molecule has 0 bridgehead atoms. The van der Waals surface area contributed by atoms with Gasteiger partial charge in [-0.15, -0.1) is 0 Å². The Morgan fingerprint density at radius 2 is 1.88 bits per heavy atom. The number of phenolic OH excluding ortho intramolecular Hbond substituents is 1. The number of ketones is 1. The van der Waals surface area contributed by atoms with E-state index in [0.717, 1.165) is 0 Å². The molecule has 0 aliphatic carbocycles. The van der Waals surface area contributed by atoms with E-state index < -0.39 is 6.04 Å². The lowest BCUT2D eigenvalue weighted by Gasteiger charge is -2.25. The van der Waals surface area contributed by atoms with Gasteiger partial charge in [-0.3, -0.25) is 14.2 Å². The average Bonchev–Trinajstić information content (AvgIpc) is 3.08. The van der Waals surface area contributed by atoms with E-state index in [9.17, 15) is 14.7 Å². The molecule has 1 aromatic heterocycles. The van der Waals surface area contributed by atoms with E-state index in [1.165, 1.54) is 31.4 Å². The van der Waals surface area contributed by atoms with Crippen LogP contribution in [0, 0.1) is 0 Å². The standard InChI is InChI=1S/C24H22N2O5S/c1-13-21(14(2)27)22(16-7-5-6-8-18(16)30-3)26-23(29)20(32-24(26)25-13)12-15-9-10-17(28)19(11-15)31-4/h5-12,22,28H,1-4H3/t22-/m0/s1. The van der Waals surface area contributed by atoms with Gasteiger partial charge in [0.1, 0.15) is 5.75 Å². The van der Waals surface area contributed by atoms with Gasteiger partial charge in [-0.2, -0.15) is 0 Å². The van der Waals surface area contributed by atoms with E-state index in [2.05, 4.69) is 4.99 Å². The molecule has 1 aliphatic heterocycles. The zero-order valence-corrected chi connectivity index (χ0v) is 18.9. The van der Waals surface area contributed by atoms with Gasteiger partial charge in [0, 0.05) is 16.8 Å². The molecule has 2 heterocycles. The van der Waals surface area contributed by atoms with Gasteiger partial charge in [-0.05, 0) is 43.7 Å². The van der Waals surface area contributed by atoms with Crippen molar-refractivity contribution in [1.29, 1.82) is 0 Å². The summed E-state index contributed by atoms with van der Waals surface area (Å²) in [5.41, 5.74) is 2.19. The number of hydrogen-bond acceptors (Lipinski definition) is 7. The first-order chi connectivity index (χ1) is 15.3. The van der Waals surface area contributed by atoms with Crippen LogP contribution in [-0.2, 0) is 4.79 Å². The number of methoxy groups -OCH3 is 2. The second-order valence-electron chi connectivity index (χ2n) is 7.31. The molecule has 164 valence electrons. The number of aromatic hydroxyl groups is 1. The molecule has 0 spiro atoms. The summed E-state index contributed by atoms with van der Waals surface area (Å²) >= 11 is 1.24. The van der Waals surface area contributed by atoms with Gasteiger partial charge in [-0.1, -0.05) is 35.6 Å². The van der Waals surface area contributed by atoms with E-state index in [4.69, 9.17) is 9.47 Å². The third-order valence-electron chi connectivity index (χ3n) is 5.34. The van der Waals surface area contributed by atoms with Crippen LogP contribution >= 0.6 is 11.3 Å². The van der Waals surface area contributed by atoms with Crippen LogP contribution in [0.15, 0.2) is 63.5 Å². The number of rotatable bonds is 5. The lowest BCUT2D eigenvalue weighted by molar-refractivity contribution is -0.114. The van der Waals surface area contributed by atoms with E-state index in [1.807, 2.05) is 18.2 Å². The maximum Gasteiger partial charge on any atom is 0.271 e. The smallest absolute Gasteiger partial charge is 0.271 e. The monoisotopic (exact) mass is 450 g/mol. The fraction of sp³-hybridized carbons (Fsp3) is 0.208. The third kappa shape index (κ3) is 3.62. The molecule has 3 aromatic rings. The summed E-state index contributed by atoms with van der Waals surface area (Å²) in [4.78, 5) is 31.2. The van der Waals surface area contributed by atoms with Crippen molar-refractivity contribution >= 4 is 23.2 Å². The molecule has 0 unspecified atom stereocenters. The van der Waals surface area contributed by atoms with Gasteiger partial charge >= 0.3 is 0 Å². The average molecular weight is 451 g/mol. The second-order valence-corrected chi connectivity index (χ2v) is 8.32. The number of carbonyl (C=O) groups excluding carboxylic acids is 1. The SMILES string of the molecule is COc1cc(C=c2sc3n(c2=O)[C@@H](c2ccccc2OC)C(C(C)=O)=C(C)N=3)ccc1O. The molecular weight excluding hydrogens is 428 g/mol. The highest BCUT2D eigenvalue weighted by molar-refractivity contribution is 7.07. The zero-order chi connectivity index (χ0) is 23.0. The molecule has 1 N–H and O–H groups in total. The number of nitrogens with zero attached hydrogens (tertiary/aromatic N) is 2. The number of hydrogen-bond donors (Lipinski definition) is 1. The first-order valence-corrected chi connectivity index (χ1v) is 10.7. The van der Waals surface area contributed by atoms with Gasteiger partial charge in [-0.25, -0.2) is 4.99 Å². The van der Waals surface area contributed by atoms with Crippen molar-refractivity contribution in [3.8, 4) is 17.2 Å². The highest BCUT2D eigenvalue weighted by Crippen LogP contribution is 2.35. The van der Waals surface area contributed by atoms with E-state index >= 15 is 0 Å². The Labute approximate surface area is 188 Å². The quantitative estimate of drug-likeness (QED) is 0.645. The summed E-state index contributed by atoms with van der Waals surface area (Å²) in [6.07, 6.45) is 1.72. The fourth-order valence-corrected chi connectivity index (χ4v) is 4.94. The zero-order valence-electron chi connectivity index (χ0n) is 18.1. The molecule has 0 saturated carbocycles. The molecule has 0 amide bonds. The highest BCUT2D eigenvalue weighted by Gasteiger charge is 2.32. The van der Waals surface area contributed by atoms with Crippen LogP contribution in [0.2, 0.25) is 0 Å². The predicted molar refractivity (Wildman–Crippen MR) is 122 cm³/mol. The summed E-state index contributed by atoms with van der Waals surface area (Å²) < 4.78 is 12.7. The summed E-state index contributed by atoms with van der Waals surface area (Å²) in [5, 5.41) is 9.84. The Kier molecular flexibility index (Phi) is 5.71. The molecule has 0 radical (unpaired) electrons. The maximum absolute atomic E-state index is 13.5. The lowest BCUT2D eigenvalue weighted by atomic mass is 9.93. The van der Waals surface area contributed by atoms with Crippen LogP contribution in [0.5, 0.6) is 17.2 Å². The molecule has 32 heavy (non-hydrogen) atoms. The van der Waals surface area contributed by atoms with Gasteiger partial charge in [0.2, 0.25) is 0 Å². The van der Waals surface area contributed by atoms with Crippen molar-refractivity contribution in [3.63, 3.8) is 0 Å². The number of para-hydroxylation sites is 1. The number of allylic oxidation sites excluding steroid dienone is 2. The van der Waals surface area contributed by atoms with Crippen molar-refractivity contribution in [1.82, 2.24) is 4.57 Å². The Morgan fingerprint density at radius 3 is 2.56 bits per heavy atom. The van der Waals surface area contributed by atoms with Crippen LogP contribution in [0.3, 0.4) is 0 Å². The Balaban J connectivity index is 1.99. The Bertz CT molecular complexity index is 1430. The number of phenols is 1. The van der Waals surface area contributed by atoms with Gasteiger partial charge in [0.05, 0.1) is 24.8 Å². The molecule has 4 rings (SSSR count). The molecule has 8 heteroatoms. The van der Waals surface area contributed by atoms with Crippen molar-refractivity contribution in [2.45, 2.75) is 19.9 Å². The lowest BCUT2D eigenvalue weighted by Crippen LogP contribution is -2.39. The second kappa shape index (κ2) is 8.47. The number of ether oxygens (including phenoxy) is 2.